The van der Waals surface area contributed by atoms with Crippen LogP contribution in [0.15, 0.2) is 54.6 Å². The number of hydrogen-bond acceptors (Lipinski definition) is 1. The van der Waals surface area contributed by atoms with Gasteiger partial charge in [0.1, 0.15) is 0 Å². The SMILES string of the molecule is CC[C@H](C)c1ccc(NC(=O)/C=C/c2ccc(C)cc2)cc1. The molecule has 0 unspecified atom stereocenters. The standard InChI is InChI=1S/C20H23NO/c1-4-16(3)18-10-12-19(13-11-18)21-20(22)14-9-17-7-5-15(2)6-8-17/h5-14,16H,4H2,1-3H3,(H,21,22)/b14-9+/t16-/m0/s1. The molecule has 2 rings (SSSR count). The fraction of sp³-hybridized carbons (Fsp3) is 0.250. The number of aryl methyl sites for hydroxylation is 1. The van der Waals surface area contributed by atoms with Gasteiger partial charge >= 0.3 is 0 Å². The minimum atomic E-state index is -0.114. The first kappa shape index (κ1) is 16.0. The van der Waals surface area contributed by atoms with E-state index in [1.54, 1.807) is 6.08 Å². The topological polar surface area (TPSA) is 29.1 Å². The van der Waals surface area contributed by atoms with Crippen LogP contribution in [0.1, 0.15) is 42.9 Å². The van der Waals surface area contributed by atoms with Crippen molar-refractivity contribution >= 4 is 17.7 Å². The lowest BCUT2D eigenvalue weighted by Gasteiger charge is -2.09. The highest BCUT2D eigenvalue weighted by atomic mass is 16.1. The third-order valence-electron chi connectivity index (χ3n) is 3.86. The average Bonchev–Trinajstić information content (AvgIpc) is 2.54. The van der Waals surface area contributed by atoms with E-state index in [4.69, 9.17) is 0 Å². The molecule has 0 bridgehead atoms. The molecule has 0 saturated carbocycles. The van der Waals surface area contributed by atoms with Crippen molar-refractivity contribution < 1.29 is 4.79 Å². The van der Waals surface area contributed by atoms with Crippen LogP contribution in [0.4, 0.5) is 5.69 Å². The second-order valence-corrected chi connectivity index (χ2v) is 5.66. The molecule has 0 saturated heterocycles. The summed E-state index contributed by atoms with van der Waals surface area (Å²) in [5, 5.41) is 2.88. The maximum Gasteiger partial charge on any atom is 0.248 e. The van der Waals surface area contributed by atoms with Crippen LogP contribution in [0, 0.1) is 6.92 Å². The summed E-state index contributed by atoms with van der Waals surface area (Å²) in [6.45, 7) is 6.43. The molecule has 1 N–H and O–H groups in total. The summed E-state index contributed by atoms with van der Waals surface area (Å²) in [7, 11) is 0. The summed E-state index contributed by atoms with van der Waals surface area (Å²) in [5.41, 5.74) is 4.36. The molecule has 2 aromatic carbocycles. The number of nitrogens with one attached hydrogen (secondary N) is 1. The number of anilines is 1. The maximum atomic E-state index is 11.9. The van der Waals surface area contributed by atoms with Gasteiger partial charge in [-0.05, 0) is 48.6 Å². The van der Waals surface area contributed by atoms with Crippen molar-refractivity contribution in [3.8, 4) is 0 Å². The molecule has 0 aromatic heterocycles. The number of carbonyl (C=O) groups excluding carboxylic acids is 1. The fourth-order valence-electron chi connectivity index (χ4n) is 2.16. The summed E-state index contributed by atoms with van der Waals surface area (Å²) in [4.78, 5) is 11.9. The molecule has 0 radical (unpaired) electrons. The molecule has 0 heterocycles. The van der Waals surface area contributed by atoms with Crippen LogP contribution in [0.5, 0.6) is 0 Å². The maximum absolute atomic E-state index is 11.9. The highest BCUT2D eigenvalue weighted by Crippen LogP contribution is 2.20. The van der Waals surface area contributed by atoms with Gasteiger partial charge in [0.15, 0.2) is 0 Å². The largest absolute Gasteiger partial charge is 0.323 e. The van der Waals surface area contributed by atoms with Crippen molar-refractivity contribution in [2.24, 2.45) is 0 Å². The minimum Gasteiger partial charge on any atom is -0.323 e. The Morgan fingerprint density at radius 2 is 1.73 bits per heavy atom. The van der Waals surface area contributed by atoms with Gasteiger partial charge < -0.3 is 5.32 Å². The van der Waals surface area contributed by atoms with Crippen molar-refractivity contribution in [2.75, 3.05) is 5.32 Å². The van der Waals surface area contributed by atoms with Crippen molar-refractivity contribution in [2.45, 2.75) is 33.1 Å². The minimum absolute atomic E-state index is 0.114. The second kappa shape index (κ2) is 7.60. The van der Waals surface area contributed by atoms with E-state index < -0.39 is 0 Å². The number of rotatable bonds is 5. The summed E-state index contributed by atoms with van der Waals surface area (Å²) in [5.74, 6) is 0.433. The Kier molecular flexibility index (Phi) is 5.54. The summed E-state index contributed by atoms with van der Waals surface area (Å²) < 4.78 is 0. The number of hydrogen-bond donors (Lipinski definition) is 1. The molecule has 0 fully saturated rings. The molecular weight excluding hydrogens is 270 g/mol. The Morgan fingerprint density at radius 3 is 2.32 bits per heavy atom. The molecular formula is C20H23NO. The molecule has 2 heteroatoms. The smallest absolute Gasteiger partial charge is 0.248 e. The van der Waals surface area contributed by atoms with Gasteiger partial charge in [-0.15, -0.1) is 0 Å². The number of carbonyl (C=O) groups is 1. The van der Waals surface area contributed by atoms with Gasteiger partial charge in [0, 0.05) is 11.8 Å². The zero-order valence-electron chi connectivity index (χ0n) is 13.5. The molecule has 1 atom stereocenters. The van der Waals surface area contributed by atoms with E-state index in [2.05, 4.69) is 31.3 Å². The quantitative estimate of drug-likeness (QED) is 0.758. The fourth-order valence-corrected chi connectivity index (χ4v) is 2.16. The first-order valence-corrected chi connectivity index (χ1v) is 7.74. The van der Waals surface area contributed by atoms with Gasteiger partial charge in [-0.1, -0.05) is 55.8 Å². The molecule has 0 aliphatic heterocycles. The van der Waals surface area contributed by atoms with Crippen LogP contribution >= 0.6 is 0 Å². The van der Waals surface area contributed by atoms with E-state index in [-0.39, 0.29) is 5.91 Å². The van der Waals surface area contributed by atoms with Crippen LogP contribution in [0.25, 0.3) is 6.08 Å². The van der Waals surface area contributed by atoms with Gasteiger partial charge in [-0.25, -0.2) is 0 Å². The lowest BCUT2D eigenvalue weighted by atomic mass is 9.99. The number of benzene rings is 2. The zero-order valence-corrected chi connectivity index (χ0v) is 13.5. The van der Waals surface area contributed by atoms with Gasteiger partial charge in [-0.2, -0.15) is 0 Å². The molecule has 2 nitrogen and oxygen atoms in total. The Labute approximate surface area is 132 Å². The van der Waals surface area contributed by atoms with Crippen molar-refractivity contribution in [1.29, 1.82) is 0 Å². The van der Waals surface area contributed by atoms with E-state index in [1.165, 1.54) is 11.1 Å². The highest BCUT2D eigenvalue weighted by Gasteiger charge is 2.03. The molecule has 22 heavy (non-hydrogen) atoms. The zero-order chi connectivity index (χ0) is 15.9. The Hall–Kier alpha value is -2.35. The van der Waals surface area contributed by atoms with E-state index >= 15 is 0 Å². The summed E-state index contributed by atoms with van der Waals surface area (Å²) >= 11 is 0. The predicted octanol–water partition coefficient (Wildman–Crippen LogP) is 5.16. The monoisotopic (exact) mass is 293 g/mol. The van der Waals surface area contributed by atoms with Crippen LogP contribution in [-0.4, -0.2) is 5.91 Å². The highest BCUT2D eigenvalue weighted by molar-refractivity contribution is 6.01. The van der Waals surface area contributed by atoms with E-state index in [9.17, 15) is 4.79 Å². The lowest BCUT2D eigenvalue weighted by Crippen LogP contribution is -2.07. The van der Waals surface area contributed by atoms with Gasteiger partial charge in [0.25, 0.3) is 0 Å². The summed E-state index contributed by atoms with van der Waals surface area (Å²) in [6.07, 6.45) is 4.50. The predicted molar refractivity (Wildman–Crippen MR) is 94.0 cm³/mol. The van der Waals surface area contributed by atoms with Gasteiger partial charge in [0.05, 0.1) is 0 Å². The normalized spacial score (nSPS) is 12.3. The van der Waals surface area contributed by atoms with Crippen molar-refractivity contribution in [3.63, 3.8) is 0 Å². The Bertz CT molecular complexity index is 638. The molecule has 2 aromatic rings. The van der Waals surface area contributed by atoms with Crippen LogP contribution < -0.4 is 5.32 Å². The first-order valence-electron chi connectivity index (χ1n) is 7.74. The molecule has 0 aliphatic rings. The Balaban J connectivity index is 1.95. The second-order valence-electron chi connectivity index (χ2n) is 5.66. The lowest BCUT2D eigenvalue weighted by molar-refractivity contribution is -0.111. The number of amides is 1. The Morgan fingerprint density at radius 1 is 1.09 bits per heavy atom. The first-order chi connectivity index (χ1) is 10.6. The van der Waals surface area contributed by atoms with Crippen LogP contribution in [0.3, 0.4) is 0 Å². The molecule has 114 valence electrons. The van der Waals surface area contributed by atoms with E-state index in [0.717, 1.165) is 17.7 Å². The third kappa shape index (κ3) is 4.59. The van der Waals surface area contributed by atoms with Crippen molar-refractivity contribution in [1.82, 2.24) is 0 Å². The van der Waals surface area contributed by atoms with Crippen LogP contribution in [-0.2, 0) is 4.79 Å². The molecule has 0 aliphatic carbocycles. The molecule has 1 amide bonds. The van der Waals surface area contributed by atoms with Gasteiger partial charge in [0.2, 0.25) is 5.91 Å². The van der Waals surface area contributed by atoms with Gasteiger partial charge in [-0.3, -0.25) is 4.79 Å². The third-order valence-corrected chi connectivity index (χ3v) is 3.86. The van der Waals surface area contributed by atoms with Crippen LogP contribution in [0.2, 0.25) is 0 Å². The molecule has 0 spiro atoms. The van der Waals surface area contributed by atoms with Crippen molar-refractivity contribution in [3.05, 3.63) is 71.3 Å². The van der Waals surface area contributed by atoms with E-state index in [0.29, 0.717) is 5.92 Å². The van der Waals surface area contributed by atoms with E-state index in [1.807, 2.05) is 49.4 Å². The summed E-state index contributed by atoms with van der Waals surface area (Å²) in [6, 6.07) is 16.1. The average molecular weight is 293 g/mol.